The van der Waals surface area contributed by atoms with E-state index in [-0.39, 0.29) is 5.56 Å². The fourth-order valence-electron chi connectivity index (χ4n) is 1.88. The number of carbonyl (C=O) groups is 1. The number of fused-ring (bicyclic) bond motifs is 1. The minimum Gasteiger partial charge on any atom is -0.478 e. The molecule has 6 heteroatoms. The van der Waals surface area contributed by atoms with Gasteiger partial charge in [-0.05, 0) is 25.1 Å². The number of rotatable bonds is 4. The van der Waals surface area contributed by atoms with E-state index in [1.54, 1.807) is 24.5 Å². The van der Waals surface area contributed by atoms with Crippen LogP contribution in [0, 0.1) is 6.92 Å². The van der Waals surface area contributed by atoms with E-state index in [2.05, 4.69) is 4.98 Å². The summed E-state index contributed by atoms with van der Waals surface area (Å²) in [4.78, 5) is 15.3. The van der Waals surface area contributed by atoms with Gasteiger partial charge in [0.25, 0.3) is 0 Å². The van der Waals surface area contributed by atoms with Crippen molar-refractivity contribution in [3.8, 4) is 0 Å². The van der Waals surface area contributed by atoms with Crippen LogP contribution < -0.4 is 0 Å². The maximum absolute atomic E-state index is 11.1. The third kappa shape index (κ3) is 2.43. The Bertz CT molecular complexity index is 634. The molecular formula is C12H14N2O3S. The van der Waals surface area contributed by atoms with E-state index in [0.29, 0.717) is 12.3 Å². The highest BCUT2D eigenvalue weighted by molar-refractivity contribution is 7.84. The summed E-state index contributed by atoms with van der Waals surface area (Å²) < 4.78 is 13.1. The molecule has 1 aromatic heterocycles. The lowest BCUT2D eigenvalue weighted by Crippen LogP contribution is -2.08. The fraction of sp³-hybridized carbons (Fsp3) is 0.333. The van der Waals surface area contributed by atoms with Crippen LogP contribution in [-0.4, -0.2) is 36.8 Å². The Kier molecular flexibility index (Phi) is 3.47. The van der Waals surface area contributed by atoms with E-state index in [1.807, 2.05) is 11.5 Å². The van der Waals surface area contributed by atoms with Crippen molar-refractivity contribution in [1.82, 2.24) is 9.55 Å². The molecule has 0 spiro atoms. The number of benzene rings is 1. The fourth-order valence-corrected chi connectivity index (χ4v) is 2.32. The number of imidazole rings is 1. The number of aromatic nitrogens is 2. The molecular weight excluding hydrogens is 252 g/mol. The molecule has 0 amide bonds. The largest absolute Gasteiger partial charge is 0.478 e. The van der Waals surface area contributed by atoms with Crippen molar-refractivity contribution in [3.05, 3.63) is 29.6 Å². The van der Waals surface area contributed by atoms with Crippen molar-refractivity contribution in [1.29, 1.82) is 0 Å². The van der Waals surface area contributed by atoms with Crippen LogP contribution in [0.5, 0.6) is 0 Å². The summed E-state index contributed by atoms with van der Waals surface area (Å²) in [7, 11) is -0.880. The zero-order valence-electron chi connectivity index (χ0n) is 10.2. The van der Waals surface area contributed by atoms with Crippen molar-refractivity contribution in [3.63, 3.8) is 0 Å². The van der Waals surface area contributed by atoms with E-state index in [9.17, 15) is 9.00 Å². The molecule has 0 bridgehead atoms. The molecule has 0 fully saturated rings. The number of nitrogens with zero attached hydrogens (tertiary/aromatic N) is 2. The number of carboxylic acids is 1. The summed E-state index contributed by atoms with van der Waals surface area (Å²) in [6.45, 7) is 2.44. The summed E-state index contributed by atoms with van der Waals surface area (Å²) >= 11 is 0. The highest BCUT2D eigenvalue weighted by Gasteiger charge is 2.11. The van der Waals surface area contributed by atoms with Crippen LogP contribution in [0.3, 0.4) is 0 Å². The van der Waals surface area contributed by atoms with Gasteiger partial charge in [-0.3, -0.25) is 4.21 Å². The predicted octanol–water partition coefficient (Wildman–Crippen LogP) is 1.42. The van der Waals surface area contributed by atoms with Gasteiger partial charge < -0.3 is 9.67 Å². The third-order valence-corrected chi connectivity index (χ3v) is 3.55. The van der Waals surface area contributed by atoms with Crippen LogP contribution in [0.1, 0.15) is 16.2 Å². The average Bonchev–Trinajstić information content (AvgIpc) is 2.60. The number of aromatic carboxylic acids is 1. The Labute approximate surface area is 107 Å². The van der Waals surface area contributed by atoms with Crippen molar-refractivity contribution < 1.29 is 14.1 Å². The molecule has 0 radical (unpaired) electrons. The first kappa shape index (κ1) is 12.8. The zero-order valence-corrected chi connectivity index (χ0v) is 11.0. The standard InChI is InChI=1S/C12H14N2O3S/c1-8-13-10-4-3-9(12(15)16)7-11(10)14(8)5-6-18(2)17/h3-4,7H,5-6H2,1-2H3,(H,15,16). The average molecular weight is 266 g/mol. The Morgan fingerprint density at radius 2 is 2.22 bits per heavy atom. The van der Waals surface area contributed by atoms with E-state index >= 15 is 0 Å². The molecule has 96 valence electrons. The molecule has 1 atom stereocenters. The molecule has 1 N–H and O–H groups in total. The van der Waals surface area contributed by atoms with Gasteiger partial charge in [0.2, 0.25) is 0 Å². The minimum atomic E-state index is -0.957. The van der Waals surface area contributed by atoms with Crippen molar-refractivity contribution in [2.75, 3.05) is 12.0 Å². The summed E-state index contributed by atoms with van der Waals surface area (Å²) in [5.41, 5.74) is 1.78. The SMILES string of the molecule is Cc1nc2ccc(C(=O)O)cc2n1CCS(C)=O. The Morgan fingerprint density at radius 1 is 1.50 bits per heavy atom. The molecule has 0 aliphatic rings. The van der Waals surface area contributed by atoms with Crippen LogP contribution in [0.25, 0.3) is 11.0 Å². The molecule has 1 aromatic carbocycles. The maximum Gasteiger partial charge on any atom is 0.335 e. The molecule has 1 heterocycles. The number of hydrogen-bond donors (Lipinski definition) is 1. The highest BCUT2D eigenvalue weighted by atomic mass is 32.2. The van der Waals surface area contributed by atoms with E-state index < -0.39 is 16.8 Å². The topological polar surface area (TPSA) is 72.2 Å². The summed E-state index contributed by atoms with van der Waals surface area (Å²) in [6, 6.07) is 4.85. The quantitative estimate of drug-likeness (QED) is 0.908. The molecule has 0 saturated heterocycles. The summed E-state index contributed by atoms with van der Waals surface area (Å²) in [6.07, 6.45) is 1.65. The number of carboxylic acid groups (broad SMARTS) is 1. The van der Waals surface area contributed by atoms with Crippen LogP contribution in [0.4, 0.5) is 0 Å². The van der Waals surface area contributed by atoms with Gasteiger partial charge in [-0.2, -0.15) is 0 Å². The van der Waals surface area contributed by atoms with Gasteiger partial charge in [0.1, 0.15) is 5.82 Å². The molecule has 0 saturated carbocycles. The van der Waals surface area contributed by atoms with Gasteiger partial charge in [0.15, 0.2) is 0 Å². The van der Waals surface area contributed by atoms with Gasteiger partial charge in [0.05, 0.1) is 16.6 Å². The second-order valence-corrected chi connectivity index (χ2v) is 5.65. The highest BCUT2D eigenvalue weighted by Crippen LogP contribution is 2.18. The minimum absolute atomic E-state index is 0.237. The van der Waals surface area contributed by atoms with Crippen LogP contribution in [0.15, 0.2) is 18.2 Å². The van der Waals surface area contributed by atoms with Crippen LogP contribution in [0.2, 0.25) is 0 Å². The maximum atomic E-state index is 11.1. The second kappa shape index (κ2) is 4.89. The lowest BCUT2D eigenvalue weighted by Gasteiger charge is -2.05. The summed E-state index contributed by atoms with van der Waals surface area (Å²) in [5.74, 6) is 0.378. The molecule has 1 unspecified atom stereocenters. The molecule has 0 aliphatic heterocycles. The van der Waals surface area contributed by atoms with Crippen molar-refractivity contribution in [2.45, 2.75) is 13.5 Å². The third-order valence-electron chi connectivity index (χ3n) is 2.79. The van der Waals surface area contributed by atoms with Gasteiger partial charge in [0, 0.05) is 29.4 Å². The molecule has 0 aliphatic carbocycles. The van der Waals surface area contributed by atoms with E-state index in [1.165, 1.54) is 0 Å². The van der Waals surface area contributed by atoms with Gasteiger partial charge in [-0.1, -0.05) is 0 Å². The van der Waals surface area contributed by atoms with Gasteiger partial charge in [-0.15, -0.1) is 0 Å². The molecule has 18 heavy (non-hydrogen) atoms. The predicted molar refractivity (Wildman–Crippen MR) is 70.4 cm³/mol. The normalized spacial score (nSPS) is 12.8. The first-order valence-corrected chi connectivity index (χ1v) is 7.22. The molecule has 2 rings (SSSR count). The summed E-state index contributed by atoms with van der Waals surface area (Å²) in [5, 5.41) is 8.98. The van der Waals surface area contributed by atoms with Crippen LogP contribution in [-0.2, 0) is 17.3 Å². The van der Waals surface area contributed by atoms with E-state index in [4.69, 9.17) is 5.11 Å². The van der Waals surface area contributed by atoms with Crippen molar-refractivity contribution in [2.24, 2.45) is 0 Å². The van der Waals surface area contributed by atoms with Crippen molar-refractivity contribution >= 4 is 27.8 Å². The zero-order chi connectivity index (χ0) is 13.3. The second-order valence-electron chi connectivity index (χ2n) is 4.10. The smallest absolute Gasteiger partial charge is 0.335 e. The van der Waals surface area contributed by atoms with E-state index in [0.717, 1.165) is 16.9 Å². The number of aryl methyl sites for hydroxylation is 2. The van der Waals surface area contributed by atoms with Gasteiger partial charge >= 0.3 is 5.97 Å². The first-order valence-electron chi connectivity index (χ1n) is 5.49. The van der Waals surface area contributed by atoms with Crippen LogP contribution >= 0.6 is 0 Å². The Balaban J connectivity index is 2.49. The van der Waals surface area contributed by atoms with Gasteiger partial charge in [-0.25, -0.2) is 9.78 Å². The first-order chi connectivity index (χ1) is 8.49. The lowest BCUT2D eigenvalue weighted by molar-refractivity contribution is 0.0697. The number of hydrogen-bond acceptors (Lipinski definition) is 3. The Morgan fingerprint density at radius 3 is 2.83 bits per heavy atom. The molecule has 2 aromatic rings. The monoisotopic (exact) mass is 266 g/mol. The Hall–Kier alpha value is -1.69. The molecule has 5 nitrogen and oxygen atoms in total. The lowest BCUT2D eigenvalue weighted by atomic mass is 10.2.